The van der Waals surface area contributed by atoms with Crippen LogP contribution in [0.4, 0.5) is 0 Å². The molecule has 0 saturated carbocycles. The van der Waals surface area contributed by atoms with E-state index >= 15 is 0 Å². The summed E-state index contributed by atoms with van der Waals surface area (Å²) in [6, 6.07) is 27.8. The summed E-state index contributed by atoms with van der Waals surface area (Å²) in [4.78, 5) is 8.87. The van der Waals surface area contributed by atoms with Crippen LogP contribution < -0.4 is 5.19 Å². The van der Waals surface area contributed by atoms with Crippen molar-refractivity contribution in [3.05, 3.63) is 91.3 Å². The van der Waals surface area contributed by atoms with Crippen molar-refractivity contribution in [2.24, 2.45) is 0 Å². The Bertz CT molecular complexity index is 1060. The molecule has 0 unspecified atom stereocenters. The molecule has 3 heteroatoms. The number of hydrogen-bond donors (Lipinski definition) is 0. The highest BCUT2D eigenvalue weighted by Crippen LogP contribution is 2.26. The number of rotatable bonds is 4. The zero-order chi connectivity index (χ0) is 19.6. The minimum Gasteiger partial charge on any atom is -0.255 e. The molecule has 0 N–H and O–H groups in total. The van der Waals surface area contributed by atoms with Crippen LogP contribution in [0, 0.1) is 0 Å². The molecule has 0 spiro atoms. The van der Waals surface area contributed by atoms with Gasteiger partial charge >= 0.3 is 0 Å². The summed E-state index contributed by atoms with van der Waals surface area (Å²) in [5, 5.41) is 1.49. The zero-order valence-electron chi connectivity index (χ0n) is 16.6. The lowest BCUT2D eigenvalue weighted by Crippen LogP contribution is -2.37. The van der Waals surface area contributed by atoms with Crippen molar-refractivity contribution in [2.75, 3.05) is 0 Å². The van der Waals surface area contributed by atoms with Crippen LogP contribution in [0.5, 0.6) is 0 Å². The van der Waals surface area contributed by atoms with Gasteiger partial charge in [0.05, 0.1) is 19.5 Å². The Balaban J connectivity index is 1.60. The molecular formula is C25H24N2Si. The number of benzene rings is 2. The smallest absolute Gasteiger partial charge is 0.0892 e. The van der Waals surface area contributed by atoms with Crippen molar-refractivity contribution in [2.45, 2.75) is 19.6 Å². The topological polar surface area (TPSA) is 25.8 Å². The molecule has 0 bridgehead atoms. The van der Waals surface area contributed by atoms with Gasteiger partial charge in [-0.15, -0.1) is 0 Å². The standard InChI is InChI=1S/C25H24N2Si/c1-28(2,3)23-13-11-20(12-14-23)19-7-9-21(10-8-19)22-15-17-27-25(18-22)24-6-4-5-16-26-24/h4-18H,1-3H3. The van der Waals surface area contributed by atoms with E-state index in [1.54, 1.807) is 6.20 Å². The van der Waals surface area contributed by atoms with E-state index in [1.807, 2.05) is 30.5 Å². The second-order valence-electron chi connectivity index (χ2n) is 8.05. The largest absolute Gasteiger partial charge is 0.255 e. The first-order valence-electron chi connectivity index (χ1n) is 9.59. The molecule has 2 aromatic heterocycles. The van der Waals surface area contributed by atoms with E-state index in [-0.39, 0.29) is 0 Å². The zero-order valence-corrected chi connectivity index (χ0v) is 17.6. The minimum absolute atomic E-state index is 0.892. The highest BCUT2D eigenvalue weighted by molar-refractivity contribution is 6.88. The third-order valence-corrected chi connectivity index (χ3v) is 7.06. The Morgan fingerprint density at radius 3 is 1.68 bits per heavy atom. The summed E-state index contributed by atoms with van der Waals surface area (Å²) in [6.45, 7) is 7.14. The van der Waals surface area contributed by atoms with Gasteiger partial charge in [-0.05, 0) is 46.5 Å². The summed E-state index contributed by atoms with van der Waals surface area (Å²) < 4.78 is 0. The molecule has 0 amide bonds. The molecule has 2 nitrogen and oxygen atoms in total. The Morgan fingerprint density at radius 2 is 1.11 bits per heavy atom. The number of nitrogens with zero attached hydrogens (tertiary/aromatic N) is 2. The Kier molecular flexibility index (Phi) is 4.93. The molecule has 2 heterocycles. The molecule has 0 saturated heterocycles. The van der Waals surface area contributed by atoms with Gasteiger partial charge in [-0.25, -0.2) is 0 Å². The number of pyridine rings is 2. The Hall–Kier alpha value is -3.04. The molecule has 4 rings (SSSR count). The molecule has 2 aromatic carbocycles. The van der Waals surface area contributed by atoms with E-state index < -0.39 is 8.07 Å². The van der Waals surface area contributed by atoms with E-state index in [9.17, 15) is 0 Å². The molecule has 0 radical (unpaired) electrons. The fraction of sp³-hybridized carbons (Fsp3) is 0.120. The normalized spacial score (nSPS) is 11.4. The fourth-order valence-corrected chi connectivity index (χ4v) is 4.45. The summed E-state index contributed by atoms with van der Waals surface area (Å²) >= 11 is 0. The van der Waals surface area contributed by atoms with E-state index in [0.29, 0.717) is 0 Å². The summed E-state index contributed by atoms with van der Waals surface area (Å²) in [5.41, 5.74) is 6.62. The molecular weight excluding hydrogens is 356 g/mol. The predicted molar refractivity (Wildman–Crippen MR) is 121 cm³/mol. The summed E-state index contributed by atoms with van der Waals surface area (Å²) in [7, 11) is -1.25. The van der Waals surface area contributed by atoms with Gasteiger partial charge < -0.3 is 0 Å². The molecule has 0 aliphatic rings. The van der Waals surface area contributed by atoms with Crippen LogP contribution in [0.2, 0.25) is 19.6 Å². The third-order valence-electron chi connectivity index (χ3n) is 4.99. The first-order valence-corrected chi connectivity index (χ1v) is 13.1. The van der Waals surface area contributed by atoms with Crippen LogP contribution in [0.15, 0.2) is 91.3 Å². The minimum atomic E-state index is -1.25. The van der Waals surface area contributed by atoms with Gasteiger partial charge in [0.25, 0.3) is 0 Å². The predicted octanol–water partition coefficient (Wildman–Crippen LogP) is 6.02. The number of aromatic nitrogens is 2. The maximum Gasteiger partial charge on any atom is 0.0892 e. The van der Waals surface area contributed by atoms with E-state index in [2.05, 4.69) is 84.2 Å². The highest BCUT2D eigenvalue weighted by Gasteiger charge is 2.15. The molecule has 28 heavy (non-hydrogen) atoms. The van der Waals surface area contributed by atoms with Gasteiger partial charge in [0.15, 0.2) is 0 Å². The van der Waals surface area contributed by atoms with E-state index in [1.165, 1.54) is 21.9 Å². The average Bonchev–Trinajstić information content (AvgIpc) is 2.74. The Morgan fingerprint density at radius 1 is 0.536 bits per heavy atom. The van der Waals surface area contributed by atoms with Crippen LogP contribution in [0.3, 0.4) is 0 Å². The molecule has 0 aliphatic heterocycles. The van der Waals surface area contributed by atoms with Crippen LogP contribution in [0.25, 0.3) is 33.6 Å². The summed E-state index contributed by atoms with van der Waals surface area (Å²) in [5.74, 6) is 0. The van der Waals surface area contributed by atoms with Gasteiger partial charge in [-0.3, -0.25) is 9.97 Å². The second-order valence-corrected chi connectivity index (χ2v) is 13.1. The van der Waals surface area contributed by atoms with Gasteiger partial charge in [0.2, 0.25) is 0 Å². The maximum absolute atomic E-state index is 4.47. The fourth-order valence-electron chi connectivity index (χ4n) is 3.28. The van der Waals surface area contributed by atoms with Crippen molar-refractivity contribution in [1.29, 1.82) is 0 Å². The van der Waals surface area contributed by atoms with E-state index in [0.717, 1.165) is 17.0 Å². The third kappa shape index (κ3) is 3.95. The lowest BCUT2D eigenvalue weighted by atomic mass is 10.0. The quantitative estimate of drug-likeness (QED) is 0.404. The van der Waals surface area contributed by atoms with Crippen LogP contribution >= 0.6 is 0 Å². The van der Waals surface area contributed by atoms with Crippen molar-refractivity contribution in [3.63, 3.8) is 0 Å². The van der Waals surface area contributed by atoms with Crippen LogP contribution in [0.1, 0.15) is 0 Å². The van der Waals surface area contributed by atoms with E-state index in [4.69, 9.17) is 0 Å². The highest BCUT2D eigenvalue weighted by atomic mass is 28.3. The van der Waals surface area contributed by atoms with Crippen LogP contribution in [-0.4, -0.2) is 18.0 Å². The molecule has 0 aliphatic carbocycles. The number of hydrogen-bond acceptors (Lipinski definition) is 2. The van der Waals surface area contributed by atoms with Crippen molar-refractivity contribution < 1.29 is 0 Å². The lowest BCUT2D eigenvalue weighted by Gasteiger charge is -2.16. The average molecular weight is 381 g/mol. The van der Waals surface area contributed by atoms with Gasteiger partial charge in [-0.2, -0.15) is 0 Å². The SMILES string of the molecule is C[Si](C)(C)c1ccc(-c2ccc(-c3ccnc(-c4ccccn4)c3)cc2)cc1. The Labute approximate surface area is 168 Å². The molecule has 138 valence electrons. The lowest BCUT2D eigenvalue weighted by molar-refractivity contribution is 1.25. The second kappa shape index (κ2) is 7.53. The summed E-state index contributed by atoms with van der Waals surface area (Å²) in [6.07, 6.45) is 3.65. The molecule has 0 atom stereocenters. The van der Waals surface area contributed by atoms with Crippen molar-refractivity contribution in [1.82, 2.24) is 9.97 Å². The first-order chi connectivity index (χ1) is 13.5. The van der Waals surface area contributed by atoms with Crippen molar-refractivity contribution in [3.8, 4) is 33.6 Å². The van der Waals surface area contributed by atoms with Crippen LogP contribution in [-0.2, 0) is 0 Å². The van der Waals surface area contributed by atoms with Gasteiger partial charge in [-0.1, -0.05) is 79.4 Å². The first kappa shape index (κ1) is 18.3. The monoisotopic (exact) mass is 380 g/mol. The molecule has 0 fully saturated rings. The van der Waals surface area contributed by atoms with Gasteiger partial charge in [0.1, 0.15) is 0 Å². The van der Waals surface area contributed by atoms with Crippen molar-refractivity contribution >= 4 is 13.3 Å². The van der Waals surface area contributed by atoms with Gasteiger partial charge in [0, 0.05) is 12.4 Å². The maximum atomic E-state index is 4.47. The molecule has 4 aromatic rings.